The SMILES string of the molecule is C[C@@H]1CCCC[C@H]1NC(=O)[C@@H](Cc1ccc(OC(=O)OCc2ccccc2)cc1)NC(=O)OCc1ccccc1. The van der Waals surface area contributed by atoms with E-state index in [1.54, 1.807) is 24.3 Å². The Bertz CT molecular complexity index is 1230. The second kappa shape index (κ2) is 14.7. The molecule has 2 N–H and O–H groups in total. The third-order valence-electron chi connectivity index (χ3n) is 7.02. The molecule has 0 aromatic heterocycles. The second-order valence-electron chi connectivity index (χ2n) is 10.1. The van der Waals surface area contributed by atoms with Crippen LogP contribution < -0.4 is 15.4 Å². The molecule has 0 saturated heterocycles. The van der Waals surface area contributed by atoms with Crippen molar-refractivity contribution in [2.24, 2.45) is 5.92 Å². The van der Waals surface area contributed by atoms with Gasteiger partial charge in [-0.3, -0.25) is 4.79 Å². The molecule has 0 aliphatic heterocycles. The van der Waals surface area contributed by atoms with E-state index in [-0.39, 0.29) is 31.6 Å². The van der Waals surface area contributed by atoms with Crippen LogP contribution in [0.3, 0.4) is 0 Å². The number of ether oxygens (including phenoxy) is 3. The zero-order valence-electron chi connectivity index (χ0n) is 22.7. The molecule has 0 spiro atoms. The lowest BCUT2D eigenvalue weighted by Gasteiger charge is -2.31. The highest BCUT2D eigenvalue weighted by Crippen LogP contribution is 2.24. The molecule has 0 unspecified atom stereocenters. The van der Waals surface area contributed by atoms with E-state index in [4.69, 9.17) is 14.2 Å². The summed E-state index contributed by atoms with van der Waals surface area (Å²) in [4.78, 5) is 38.0. The van der Waals surface area contributed by atoms with Crippen molar-refractivity contribution in [3.63, 3.8) is 0 Å². The van der Waals surface area contributed by atoms with Crippen LogP contribution in [0.2, 0.25) is 0 Å². The molecule has 8 heteroatoms. The Hall–Kier alpha value is -4.33. The molecule has 1 saturated carbocycles. The van der Waals surface area contributed by atoms with E-state index in [9.17, 15) is 14.4 Å². The monoisotopic (exact) mass is 544 g/mol. The van der Waals surface area contributed by atoms with Gasteiger partial charge in [-0.15, -0.1) is 0 Å². The first-order valence-corrected chi connectivity index (χ1v) is 13.7. The maximum atomic E-state index is 13.3. The molecule has 4 rings (SSSR count). The topological polar surface area (TPSA) is 103 Å². The van der Waals surface area contributed by atoms with Crippen LogP contribution in [0.25, 0.3) is 0 Å². The summed E-state index contributed by atoms with van der Waals surface area (Å²) in [7, 11) is 0. The summed E-state index contributed by atoms with van der Waals surface area (Å²) in [6.45, 7) is 2.36. The first-order chi connectivity index (χ1) is 19.5. The average Bonchev–Trinajstić information content (AvgIpc) is 2.98. The number of carbonyl (C=O) groups is 3. The quantitative estimate of drug-likeness (QED) is 0.242. The van der Waals surface area contributed by atoms with Gasteiger partial charge < -0.3 is 24.8 Å². The number of nitrogens with one attached hydrogen (secondary N) is 2. The number of carbonyl (C=O) groups excluding carboxylic acids is 3. The summed E-state index contributed by atoms with van der Waals surface area (Å²) >= 11 is 0. The van der Waals surface area contributed by atoms with Crippen LogP contribution in [-0.4, -0.2) is 30.2 Å². The highest BCUT2D eigenvalue weighted by molar-refractivity contribution is 5.86. The smallest absolute Gasteiger partial charge is 0.445 e. The van der Waals surface area contributed by atoms with Gasteiger partial charge in [0.25, 0.3) is 0 Å². The van der Waals surface area contributed by atoms with Gasteiger partial charge >= 0.3 is 12.2 Å². The minimum Gasteiger partial charge on any atom is -0.445 e. The molecule has 1 fully saturated rings. The Labute approximate surface area is 235 Å². The van der Waals surface area contributed by atoms with Crippen LogP contribution in [0.15, 0.2) is 84.9 Å². The van der Waals surface area contributed by atoms with Crippen LogP contribution in [0.5, 0.6) is 5.75 Å². The third kappa shape index (κ3) is 9.15. The first kappa shape index (κ1) is 28.7. The summed E-state index contributed by atoms with van der Waals surface area (Å²) in [6, 6.07) is 24.7. The number of hydrogen-bond donors (Lipinski definition) is 2. The molecule has 0 bridgehead atoms. The van der Waals surface area contributed by atoms with E-state index >= 15 is 0 Å². The Morgan fingerprint density at radius 2 is 1.38 bits per heavy atom. The number of benzene rings is 3. The fourth-order valence-corrected chi connectivity index (χ4v) is 4.70. The summed E-state index contributed by atoms with van der Waals surface area (Å²) < 4.78 is 15.8. The highest BCUT2D eigenvalue weighted by Gasteiger charge is 2.28. The molecule has 3 atom stereocenters. The molecule has 210 valence electrons. The van der Waals surface area contributed by atoms with E-state index in [0.717, 1.165) is 42.4 Å². The molecule has 3 aromatic rings. The van der Waals surface area contributed by atoms with Crippen molar-refractivity contribution in [1.29, 1.82) is 0 Å². The van der Waals surface area contributed by atoms with E-state index in [1.807, 2.05) is 60.7 Å². The van der Waals surface area contributed by atoms with E-state index < -0.39 is 18.3 Å². The summed E-state index contributed by atoms with van der Waals surface area (Å²) in [5.41, 5.74) is 2.49. The lowest BCUT2D eigenvalue weighted by molar-refractivity contribution is -0.124. The number of alkyl carbamates (subject to hydrolysis) is 1. The molecule has 2 amide bonds. The largest absolute Gasteiger partial charge is 0.514 e. The van der Waals surface area contributed by atoms with E-state index in [2.05, 4.69) is 17.6 Å². The molecular formula is C32H36N2O6. The maximum absolute atomic E-state index is 13.3. The van der Waals surface area contributed by atoms with Gasteiger partial charge in [0.15, 0.2) is 0 Å². The summed E-state index contributed by atoms with van der Waals surface area (Å²) in [5, 5.41) is 5.88. The lowest BCUT2D eigenvalue weighted by Crippen LogP contribution is -2.52. The highest BCUT2D eigenvalue weighted by atomic mass is 16.7. The van der Waals surface area contributed by atoms with Gasteiger partial charge in [0.1, 0.15) is 25.0 Å². The van der Waals surface area contributed by atoms with Crippen LogP contribution in [-0.2, 0) is 33.9 Å². The molecule has 1 aliphatic carbocycles. The van der Waals surface area contributed by atoms with Crippen LogP contribution in [0, 0.1) is 5.92 Å². The summed E-state index contributed by atoms with van der Waals surface area (Å²) in [6.07, 6.45) is 2.99. The Kier molecular flexibility index (Phi) is 10.6. The van der Waals surface area contributed by atoms with Gasteiger partial charge in [-0.2, -0.15) is 0 Å². The van der Waals surface area contributed by atoms with E-state index in [0.29, 0.717) is 11.7 Å². The number of amides is 2. The zero-order valence-corrected chi connectivity index (χ0v) is 22.7. The summed E-state index contributed by atoms with van der Waals surface area (Å²) in [5.74, 6) is 0.441. The minimum atomic E-state index is -0.833. The van der Waals surface area contributed by atoms with Gasteiger partial charge in [0, 0.05) is 12.5 Å². The molecular weight excluding hydrogens is 508 g/mol. The van der Waals surface area contributed by atoms with Gasteiger partial charge in [-0.25, -0.2) is 9.59 Å². The fourth-order valence-electron chi connectivity index (χ4n) is 4.70. The van der Waals surface area contributed by atoms with Crippen molar-refractivity contribution in [3.05, 3.63) is 102 Å². The number of hydrogen-bond acceptors (Lipinski definition) is 6. The molecule has 3 aromatic carbocycles. The Balaban J connectivity index is 1.35. The van der Waals surface area contributed by atoms with Gasteiger partial charge in [0.05, 0.1) is 0 Å². The van der Waals surface area contributed by atoms with Crippen molar-refractivity contribution >= 4 is 18.2 Å². The molecule has 40 heavy (non-hydrogen) atoms. The second-order valence-corrected chi connectivity index (χ2v) is 10.1. The third-order valence-corrected chi connectivity index (χ3v) is 7.02. The number of rotatable bonds is 10. The predicted molar refractivity (Wildman–Crippen MR) is 151 cm³/mol. The maximum Gasteiger partial charge on any atom is 0.514 e. The molecule has 0 heterocycles. The van der Waals surface area contributed by atoms with Gasteiger partial charge in [0.2, 0.25) is 5.91 Å². The zero-order chi connectivity index (χ0) is 28.2. The minimum absolute atomic E-state index is 0.0727. The molecule has 0 radical (unpaired) electrons. The first-order valence-electron chi connectivity index (χ1n) is 13.7. The normalized spacial score (nSPS) is 17.2. The van der Waals surface area contributed by atoms with Crippen molar-refractivity contribution in [1.82, 2.24) is 10.6 Å². The van der Waals surface area contributed by atoms with E-state index in [1.165, 1.54) is 0 Å². The molecule has 1 aliphatic rings. The van der Waals surface area contributed by atoms with Crippen LogP contribution in [0.1, 0.15) is 49.3 Å². The average molecular weight is 545 g/mol. The molecule has 8 nitrogen and oxygen atoms in total. The van der Waals surface area contributed by atoms with Gasteiger partial charge in [-0.05, 0) is 47.6 Å². The Morgan fingerprint density at radius 1 is 0.775 bits per heavy atom. The fraction of sp³-hybridized carbons (Fsp3) is 0.344. The Morgan fingerprint density at radius 3 is 2.00 bits per heavy atom. The standard InChI is InChI=1S/C32H36N2O6/c1-23-10-8-9-15-28(23)33-30(35)29(34-31(36)38-21-25-11-4-2-5-12-25)20-24-16-18-27(19-17-24)40-32(37)39-22-26-13-6-3-7-14-26/h2-7,11-14,16-19,23,28-29H,8-10,15,20-22H2,1H3,(H,33,35)(H,34,36)/t23-,28-,29-/m1/s1. The van der Waals surface area contributed by atoms with Crippen LogP contribution in [0.4, 0.5) is 9.59 Å². The predicted octanol–water partition coefficient (Wildman–Crippen LogP) is 5.93. The van der Waals surface area contributed by atoms with Crippen molar-refractivity contribution in [2.75, 3.05) is 0 Å². The van der Waals surface area contributed by atoms with Crippen molar-refractivity contribution in [2.45, 2.75) is 64.3 Å². The van der Waals surface area contributed by atoms with Crippen molar-refractivity contribution < 1.29 is 28.6 Å². The van der Waals surface area contributed by atoms with Gasteiger partial charge in [-0.1, -0.05) is 92.6 Å². The lowest BCUT2D eigenvalue weighted by atomic mass is 9.85. The van der Waals surface area contributed by atoms with Crippen molar-refractivity contribution in [3.8, 4) is 5.75 Å². The van der Waals surface area contributed by atoms with Crippen LogP contribution >= 0.6 is 0 Å².